The number of benzene rings is 1. The Morgan fingerprint density at radius 3 is 2.17 bits per heavy atom. The predicted molar refractivity (Wildman–Crippen MR) is 66.3 cm³/mol. The first kappa shape index (κ1) is 10.5. The molecule has 0 radical (unpaired) electrons. The monoisotopic (exact) mass is 235 g/mol. The minimum Gasteiger partial charge on any atom is -0.244 e. The van der Waals surface area contributed by atoms with Crippen LogP contribution in [0.4, 0.5) is 0 Å². The van der Waals surface area contributed by atoms with E-state index in [-0.39, 0.29) is 0 Å². The third kappa shape index (κ3) is 2.06. The van der Waals surface area contributed by atoms with Crippen molar-refractivity contribution in [3.05, 3.63) is 55.6 Å². The van der Waals surface area contributed by atoms with Gasteiger partial charge in [-0.3, -0.25) is 0 Å². The van der Waals surface area contributed by atoms with Crippen molar-refractivity contribution in [3.63, 3.8) is 0 Å². The average molecular weight is 235 g/mol. The van der Waals surface area contributed by atoms with Gasteiger partial charge < -0.3 is 0 Å². The minimum atomic E-state index is 0.656. The molecule has 0 aliphatic rings. The van der Waals surface area contributed by atoms with Crippen molar-refractivity contribution in [1.29, 1.82) is 0 Å². The molecule has 5 nitrogen and oxygen atoms in total. The van der Waals surface area contributed by atoms with Crippen LogP contribution in [0.3, 0.4) is 0 Å². The van der Waals surface area contributed by atoms with E-state index in [0.29, 0.717) is 5.82 Å². The molecule has 0 bridgehead atoms. The lowest BCUT2D eigenvalue weighted by Crippen LogP contribution is -1.89. The fourth-order valence-electron chi connectivity index (χ4n) is 1.67. The molecule has 0 atom stereocenters. The molecule has 0 N–H and O–H groups in total. The number of hydrogen-bond acceptors (Lipinski definition) is 5. The summed E-state index contributed by atoms with van der Waals surface area (Å²) in [5.74, 6) is 0.656. The van der Waals surface area contributed by atoms with Crippen LogP contribution in [-0.2, 0) is 0 Å². The summed E-state index contributed by atoms with van der Waals surface area (Å²) in [6.45, 7) is 0. The maximum absolute atomic E-state index is 4.13. The van der Waals surface area contributed by atoms with E-state index >= 15 is 0 Å². The van der Waals surface area contributed by atoms with Gasteiger partial charge in [-0.15, -0.1) is 0 Å². The van der Waals surface area contributed by atoms with Gasteiger partial charge in [0.05, 0.1) is 0 Å². The van der Waals surface area contributed by atoms with Crippen molar-refractivity contribution >= 4 is 0 Å². The Balaban J connectivity index is 2.05. The van der Waals surface area contributed by atoms with Gasteiger partial charge in [0.25, 0.3) is 0 Å². The lowest BCUT2D eigenvalue weighted by molar-refractivity contribution is 1.06. The zero-order valence-corrected chi connectivity index (χ0v) is 9.43. The summed E-state index contributed by atoms with van der Waals surface area (Å²) in [5, 5.41) is 0. The summed E-state index contributed by atoms with van der Waals surface area (Å²) in [5.41, 5.74) is 2.95. The summed E-state index contributed by atoms with van der Waals surface area (Å²) in [4.78, 5) is 20.1. The largest absolute Gasteiger partial charge is 0.244 e. The minimum absolute atomic E-state index is 0.656. The molecular weight excluding hydrogens is 226 g/mol. The fourth-order valence-corrected chi connectivity index (χ4v) is 1.67. The van der Waals surface area contributed by atoms with Gasteiger partial charge in [-0.2, -0.15) is 0 Å². The molecule has 0 aliphatic carbocycles. The van der Waals surface area contributed by atoms with Crippen molar-refractivity contribution in [2.45, 2.75) is 0 Å². The summed E-state index contributed by atoms with van der Waals surface area (Å²) in [6.07, 6.45) is 8.04. The van der Waals surface area contributed by atoms with Gasteiger partial charge in [0.15, 0.2) is 5.82 Å². The van der Waals surface area contributed by atoms with Crippen LogP contribution < -0.4 is 0 Å². The fraction of sp³-hybridized carbons (Fsp3) is 0. The molecule has 2 aromatic heterocycles. The first-order chi connectivity index (χ1) is 8.93. The highest BCUT2D eigenvalue weighted by Crippen LogP contribution is 2.22. The van der Waals surface area contributed by atoms with E-state index in [1.165, 1.54) is 19.0 Å². The SMILES string of the molecule is c1cc(-c2cncnc2)cc(-c2ncncn2)c1. The second-order valence-corrected chi connectivity index (χ2v) is 3.67. The summed E-state index contributed by atoms with van der Waals surface area (Å²) in [7, 11) is 0. The second-order valence-electron chi connectivity index (χ2n) is 3.67. The molecule has 0 saturated carbocycles. The maximum atomic E-state index is 4.13. The number of hydrogen-bond donors (Lipinski definition) is 0. The summed E-state index contributed by atoms with van der Waals surface area (Å²) < 4.78 is 0. The summed E-state index contributed by atoms with van der Waals surface area (Å²) in [6, 6.07) is 7.93. The van der Waals surface area contributed by atoms with Crippen molar-refractivity contribution in [1.82, 2.24) is 24.9 Å². The molecule has 0 fully saturated rings. The lowest BCUT2D eigenvalue weighted by Gasteiger charge is -2.03. The molecule has 2 heterocycles. The molecule has 18 heavy (non-hydrogen) atoms. The highest BCUT2D eigenvalue weighted by Gasteiger charge is 2.03. The molecule has 0 unspecified atom stereocenters. The Labute approximate surface area is 104 Å². The van der Waals surface area contributed by atoms with Crippen molar-refractivity contribution in [2.24, 2.45) is 0 Å². The van der Waals surface area contributed by atoms with Gasteiger partial charge in [-0.1, -0.05) is 18.2 Å². The molecular formula is C13H9N5. The van der Waals surface area contributed by atoms with Gasteiger partial charge in [-0.05, 0) is 11.6 Å². The van der Waals surface area contributed by atoms with Gasteiger partial charge in [0.2, 0.25) is 0 Å². The third-order valence-electron chi connectivity index (χ3n) is 2.51. The van der Waals surface area contributed by atoms with Crippen LogP contribution in [-0.4, -0.2) is 24.9 Å². The van der Waals surface area contributed by atoms with E-state index in [9.17, 15) is 0 Å². The second kappa shape index (κ2) is 4.67. The van der Waals surface area contributed by atoms with E-state index in [1.54, 1.807) is 12.4 Å². The lowest BCUT2D eigenvalue weighted by atomic mass is 10.1. The Hall–Kier alpha value is -2.69. The van der Waals surface area contributed by atoms with Crippen LogP contribution in [0.5, 0.6) is 0 Å². The molecule has 0 saturated heterocycles. The Morgan fingerprint density at radius 1 is 0.667 bits per heavy atom. The number of rotatable bonds is 2. The van der Waals surface area contributed by atoms with Gasteiger partial charge in [0, 0.05) is 23.5 Å². The smallest absolute Gasteiger partial charge is 0.162 e. The van der Waals surface area contributed by atoms with Crippen LogP contribution in [0.25, 0.3) is 22.5 Å². The zero-order valence-electron chi connectivity index (χ0n) is 9.43. The zero-order chi connectivity index (χ0) is 12.2. The van der Waals surface area contributed by atoms with Crippen LogP contribution >= 0.6 is 0 Å². The van der Waals surface area contributed by atoms with Crippen LogP contribution in [0.15, 0.2) is 55.6 Å². The molecule has 3 aromatic rings. The molecule has 1 aromatic carbocycles. The molecule has 5 heteroatoms. The third-order valence-corrected chi connectivity index (χ3v) is 2.51. The van der Waals surface area contributed by atoms with E-state index in [2.05, 4.69) is 24.9 Å². The number of nitrogens with zero attached hydrogens (tertiary/aromatic N) is 5. The first-order valence-electron chi connectivity index (χ1n) is 5.41. The number of aromatic nitrogens is 5. The highest BCUT2D eigenvalue weighted by atomic mass is 15.0. The highest BCUT2D eigenvalue weighted by molar-refractivity contribution is 5.68. The van der Waals surface area contributed by atoms with Crippen molar-refractivity contribution in [3.8, 4) is 22.5 Å². The Bertz CT molecular complexity index is 585. The van der Waals surface area contributed by atoms with Gasteiger partial charge in [-0.25, -0.2) is 24.9 Å². The maximum Gasteiger partial charge on any atom is 0.162 e. The Morgan fingerprint density at radius 2 is 1.39 bits per heavy atom. The molecule has 86 valence electrons. The normalized spacial score (nSPS) is 10.2. The van der Waals surface area contributed by atoms with Crippen molar-refractivity contribution in [2.75, 3.05) is 0 Å². The van der Waals surface area contributed by atoms with Crippen LogP contribution in [0.2, 0.25) is 0 Å². The Kier molecular flexibility index (Phi) is 2.71. The molecule has 0 aliphatic heterocycles. The van der Waals surface area contributed by atoms with E-state index in [1.807, 2.05) is 24.3 Å². The van der Waals surface area contributed by atoms with Gasteiger partial charge in [0.1, 0.15) is 19.0 Å². The van der Waals surface area contributed by atoms with E-state index in [4.69, 9.17) is 0 Å². The van der Waals surface area contributed by atoms with E-state index in [0.717, 1.165) is 16.7 Å². The predicted octanol–water partition coefficient (Wildman–Crippen LogP) is 2.00. The standard InChI is InChI=1S/C13H9N5/c1-2-10(12-5-14-7-15-6-12)4-11(3-1)13-17-8-16-9-18-13/h1-9H. The van der Waals surface area contributed by atoms with Gasteiger partial charge >= 0.3 is 0 Å². The van der Waals surface area contributed by atoms with Crippen molar-refractivity contribution < 1.29 is 0 Å². The quantitative estimate of drug-likeness (QED) is 0.679. The van der Waals surface area contributed by atoms with Crippen LogP contribution in [0.1, 0.15) is 0 Å². The first-order valence-corrected chi connectivity index (χ1v) is 5.41. The average Bonchev–Trinajstić information content (AvgIpc) is 2.49. The molecule has 0 spiro atoms. The van der Waals surface area contributed by atoms with E-state index < -0.39 is 0 Å². The van der Waals surface area contributed by atoms with Crippen LogP contribution in [0, 0.1) is 0 Å². The topological polar surface area (TPSA) is 64.5 Å². The summed E-state index contributed by atoms with van der Waals surface area (Å²) >= 11 is 0. The molecule has 0 amide bonds. The molecule has 3 rings (SSSR count).